The molecule has 0 fully saturated rings. The molecule has 0 aromatic carbocycles. The maximum Gasteiger partial charge on any atom is 0.419 e. The molecule has 6 heteroatoms. The van der Waals surface area contributed by atoms with E-state index in [4.69, 9.17) is 9.84 Å². The second-order valence-electron chi connectivity index (χ2n) is 4.75. The average molecular weight is 240 g/mol. The molecule has 94 valence electrons. The predicted molar refractivity (Wildman–Crippen MR) is 59.9 cm³/mol. The smallest absolute Gasteiger partial charge is 0.419 e. The molecule has 17 heavy (non-hydrogen) atoms. The first-order valence-electron chi connectivity index (χ1n) is 5.21. The number of carbonyl (C=O) groups excluding carboxylic acids is 1. The van der Waals surface area contributed by atoms with Gasteiger partial charge in [-0.25, -0.2) is 14.3 Å². The van der Waals surface area contributed by atoms with Gasteiger partial charge in [0.05, 0.1) is 11.6 Å². The topological polar surface area (TPSA) is 81.4 Å². The fourth-order valence-electron chi connectivity index (χ4n) is 1.10. The summed E-state index contributed by atoms with van der Waals surface area (Å²) in [6, 6.07) is 0. The maximum atomic E-state index is 11.6. The molecule has 0 amide bonds. The van der Waals surface area contributed by atoms with E-state index in [2.05, 4.69) is 4.98 Å². The first kappa shape index (κ1) is 13.2. The van der Waals surface area contributed by atoms with Crippen LogP contribution in [0.15, 0.2) is 12.5 Å². The summed E-state index contributed by atoms with van der Waals surface area (Å²) in [6.07, 6.45) is 2.05. The fourth-order valence-corrected chi connectivity index (χ4v) is 1.10. The first-order chi connectivity index (χ1) is 7.70. The highest BCUT2D eigenvalue weighted by molar-refractivity contribution is 5.75. The number of carbonyl (C=O) groups is 2. The zero-order valence-electron chi connectivity index (χ0n) is 10.3. The summed E-state index contributed by atoms with van der Waals surface area (Å²) < 4.78 is 6.25. The molecular formula is C11H16N2O4. The van der Waals surface area contributed by atoms with Crippen molar-refractivity contribution in [1.82, 2.24) is 9.55 Å². The highest BCUT2D eigenvalue weighted by Gasteiger charge is 2.21. The Morgan fingerprint density at radius 2 is 2.06 bits per heavy atom. The third-order valence-corrected chi connectivity index (χ3v) is 2.02. The summed E-state index contributed by atoms with van der Waals surface area (Å²) in [5.74, 6) is -1.74. The van der Waals surface area contributed by atoms with Crippen molar-refractivity contribution in [3.63, 3.8) is 0 Å². The Kier molecular flexibility index (Phi) is 3.55. The third-order valence-electron chi connectivity index (χ3n) is 2.02. The zero-order chi connectivity index (χ0) is 13.2. The van der Waals surface area contributed by atoms with E-state index in [9.17, 15) is 9.59 Å². The van der Waals surface area contributed by atoms with Crippen LogP contribution in [-0.4, -0.2) is 32.3 Å². The Morgan fingerprint density at radius 3 is 2.53 bits per heavy atom. The number of ether oxygens (including phenoxy) is 1. The van der Waals surface area contributed by atoms with Crippen LogP contribution in [0.3, 0.4) is 0 Å². The molecule has 0 saturated heterocycles. The lowest BCUT2D eigenvalue weighted by Crippen LogP contribution is -2.26. The minimum absolute atomic E-state index is 0.323. The van der Waals surface area contributed by atoms with E-state index in [1.165, 1.54) is 19.4 Å². The molecule has 0 radical (unpaired) electrons. The molecule has 1 rings (SSSR count). The minimum atomic E-state index is -0.987. The van der Waals surface area contributed by atoms with Crippen molar-refractivity contribution in [2.45, 2.75) is 39.2 Å². The maximum absolute atomic E-state index is 11.6. The molecule has 1 aromatic heterocycles. The van der Waals surface area contributed by atoms with Crippen LogP contribution >= 0.6 is 0 Å². The predicted octanol–water partition coefficient (Wildman–Crippen LogP) is 1.85. The van der Waals surface area contributed by atoms with Crippen LogP contribution in [-0.2, 0) is 9.53 Å². The van der Waals surface area contributed by atoms with Gasteiger partial charge in [-0.3, -0.25) is 4.79 Å². The Bertz CT molecular complexity index is 431. The number of aliphatic carboxylic acids is 1. The molecule has 1 N–H and O–H groups in total. The zero-order valence-corrected chi connectivity index (χ0v) is 10.3. The van der Waals surface area contributed by atoms with Crippen molar-refractivity contribution >= 4 is 12.1 Å². The van der Waals surface area contributed by atoms with Crippen molar-refractivity contribution in [2.24, 2.45) is 0 Å². The lowest BCUT2D eigenvalue weighted by molar-refractivity contribution is -0.138. The number of carboxylic acid groups (broad SMARTS) is 1. The highest BCUT2D eigenvalue weighted by atomic mass is 16.6. The van der Waals surface area contributed by atoms with Crippen LogP contribution in [0.4, 0.5) is 4.79 Å². The molecule has 6 nitrogen and oxygen atoms in total. The Labute approximate surface area is 99.2 Å². The molecule has 0 spiro atoms. The van der Waals surface area contributed by atoms with Gasteiger partial charge in [0.15, 0.2) is 0 Å². The number of hydrogen-bond donors (Lipinski definition) is 1. The molecule has 0 saturated carbocycles. The molecule has 0 aliphatic rings. The summed E-state index contributed by atoms with van der Waals surface area (Å²) in [5, 5.41) is 8.80. The lowest BCUT2D eigenvalue weighted by Gasteiger charge is -2.19. The molecule has 0 aliphatic carbocycles. The fraction of sp³-hybridized carbons (Fsp3) is 0.545. The van der Waals surface area contributed by atoms with E-state index < -0.39 is 23.6 Å². The van der Waals surface area contributed by atoms with Crippen LogP contribution in [0.1, 0.15) is 39.3 Å². The molecule has 1 atom stereocenters. The van der Waals surface area contributed by atoms with E-state index in [1.54, 1.807) is 20.8 Å². The Balaban J connectivity index is 2.81. The lowest BCUT2D eigenvalue weighted by atomic mass is 10.1. The number of imidazole rings is 1. The minimum Gasteiger partial charge on any atom is -0.481 e. The summed E-state index contributed by atoms with van der Waals surface area (Å²) in [7, 11) is 0. The van der Waals surface area contributed by atoms with Gasteiger partial charge < -0.3 is 9.84 Å². The quantitative estimate of drug-likeness (QED) is 0.853. The number of nitrogens with zero attached hydrogens (tertiary/aromatic N) is 2. The van der Waals surface area contributed by atoms with Crippen molar-refractivity contribution in [2.75, 3.05) is 0 Å². The molecule has 1 aromatic rings. The number of hydrogen-bond acceptors (Lipinski definition) is 4. The van der Waals surface area contributed by atoms with Gasteiger partial charge in [-0.05, 0) is 27.7 Å². The SMILES string of the molecule is CC(C(=O)O)c1cn(C(=O)OC(C)(C)C)cn1. The van der Waals surface area contributed by atoms with Crippen LogP contribution in [0.2, 0.25) is 0 Å². The number of aromatic nitrogens is 2. The molecular weight excluding hydrogens is 224 g/mol. The van der Waals surface area contributed by atoms with E-state index in [-0.39, 0.29) is 0 Å². The third kappa shape index (κ3) is 3.58. The van der Waals surface area contributed by atoms with Crippen molar-refractivity contribution in [3.8, 4) is 0 Å². The Morgan fingerprint density at radius 1 is 1.47 bits per heavy atom. The van der Waals surface area contributed by atoms with Crippen LogP contribution < -0.4 is 0 Å². The average Bonchev–Trinajstić information content (AvgIpc) is 2.62. The summed E-state index contributed by atoms with van der Waals surface area (Å²) in [5.41, 5.74) is -0.275. The van der Waals surface area contributed by atoms with E-state index in [1.807, 2.05) is 0 Å². The Hall–Kier alpha value is -1.85. The number of rotatable bonds is 2. The summed E-state index contributed by atoms with van der Waals surface area (Å²) in [6.45, 7) is 6.76. The van der Waals surface area contributed by atoms with Gasteiger partial charge in [-0.15, -0.1) is 0 Å². The first-order valence-corrected chi connectivity index (χ1v) is 5.21. The van der Waals surface area contributed by atoms with Gasteiger partial charge in [0.2, 0.25) is 0 Å². The van der Waals surface area contributed by atoms with Gasteiger partial charge >= 0.3 is 12.1 Å². The summed E-state index contributed by atoms with van der Waals surface area (Å²) in [4.78, 5) is 26.2. The van der Waals surface area contributed by atoms with Crippen LogP contribution in [0, 0.1) is 0 Å². The van der Waals surface area contributed by atoms with Crippen LogP contribution in [0.5, 0.6) is 0 Å². The standard InChI is InChI=1S/C11H16N2O4/c1-7(9(14)15)8-5-13(6-12-8)10(16)17-11(2,3)4/h5-7H,1-4H3,(H,14,15). The van der Waals surface area contributed by atoms with Crippen LogP contribution in [0.25, 0.3) is 0 Å². The molecule has 1 unspecified atom stereocenters. The second kappa shape index (κ2) is 4.57. The molecule has 0 aliphatic heterocycles. The largest absolute Gasteiger partial charge is 0.481 e. The van der Waals surface area contributed by atoms with E-state index in [0.717, 1.165) is 4.57 Å². The van der Waals surface area contributed by atoms with Gasteiger partial charge in [-0.2, -0.15) is 0 Å². The molecule has 0 bridgehead atoms. The number of carboxylic acids is 1. The monoisotopic (exact) mass is 240 g/mol. The van der Waals surface area contributed by atoms with E-state index in [0.29, 0.717) is 5.69 Å². The summed E-state index contributed by atoms with van der Waals surface area (Å²) >= 11 is 0. The van der Waals surface area contributed by atoms with Gasteiger partial charge in [0, 0.05) is 6.20 Å². The normalized spacial score (nSPS) is 13.2. The second-order valence-corrected chi connectivity index (χ2v) is 4.75. The van der Waals surface area contributed by atoms with Crippen molar-refractivity contribution < 1.29 is 19.4 Å². The van der Waals surface area contributed by atoms with E-state index >= 15 is 0 Å². The van der Waals surface area contributed by atoms with Crippen molar-refractivity contribution in [1.29, 1.82) is 0 Å². The molecule has 1 heterocycles. The van der Waals surface area contributed by atoms with Crippen molar-refractivity contribution in [3.05, 3.63) is 18.2 Å². The van der Waals surface area contributed by atoms with Gasteiger partial charge in [-0.1, -0.05) is 0 Å². The highest BCUT2D eigenvalue weighted by Crippen LogP contribution is 2.14. The van der Waals surface area contributed by atoms with Gasteiger partial charge in [0.25, 0.3) is 0 Å². The van der Waals surface area contributed by atoms with Gasteiger partial charge in [0.1, 0.15) is 11.9 Å².